The predicted octanol–water partition coefficient (Wildman–Crippen LogP) is 1.63. The molecule has 0 saturated heterocycles. The summed E-state index contributed by atoms with van der Waals surface area (Å²) < 4.78 is 8.56. The maximum absolute atomic E-state index is 12.3. The molecule has 1 N–H and O–H groups in total. The lowest BCUT2D eigenvalue weighted by Gasteiger charge is -2.16. The molecule has 2 aromatic heterocycles. The van der Waals surface area contributed by atoms with Gasteiger partial charge in [-0.2, -0.15) is 5.10 Å². The first-order valence-electron chi connectivity index (χ1n) is 9.04. The van der Waals surface area contributed by atoms with Crippen molar-refractivity contribution in [3.8, 4) is 11.6 Å². The first kappa shape index (κ1) is 19.3. The Morgan fingerprint density at radius 2 is 2.04 bits per heavy atom. The van der Waals surface area contributed by atoms with Crippen LogP contribution in [-0.4, -0.2) is 38.1 Å². The van der Waals surface area contributed by atoms with Gasteiger partial charge < -0.3 is 10.1 Å². The summed E-state index contributed by atoms with van der Waals surface area (Å²) in [5.74, 6) is 0.924. The van der Waals surface area contributed by atoms with Crippen LogP contribution < -0.4 is 15.6 Å². The van der Waals surface area contributed by atoms with E-state index in [1.54, 1.807) is 36.1 Å². The van der Waals surface area contributed by atoms with Crippen LogP contribution in [0, 0.1) is 13.8 Å². The molecule has 0 radical (unpaired) electrons. The number of nitrogens with one attached hydrogen (secondary N) is 1. The van der Waals surface area contributed by atoms with E-state index in [4.69, 9.17) is 4.74 Å². The van der Waals surface area contributed by atoms with E-state index in [0.29, 0.717) is 11.6 Å². The number of rotatable bonds is 7. The topological polar surface area (TPSA) is 91.0 Å². The van der Waals surface area contributed by atoms with E-state index in [1.807, 2.05) is 32.0 Å². The standard InChI is InChI=1S/C20H23N5O3/c1-14-5-6-17(13-15(14)2)28-16(3)20(27)21-10-12-25-19(26)8-7-18(23-25)24-11-4-9-22-24/h4-9,11,13,16H,10,12H2,1-3H3,(H,21,27). The molecule has 146 valence electrons. The van der Waals surface area contributed by atoms with Crippen molar-refractivity contribution < 1.29 is 9.53 Å². The number of amides is 1. The van der Waals surface area contributed by atoms with Crippen LogP contribution in [-0.2, 0) is 11.3 Å². The Kier molecular flexibility index (Phi) is 5.88. The smallest absolute Gasteiger partial charge is 0.266 e. The minimum Gasteiger partial charge on any atom is -0.481 e. The molecule has 0 saturated carbocycles. The van der Waals surface area contributed by atoms with Gasteiger partial charge in [0.15, 0.2) is 11.9 Å². The van der Waals surface area contributed by atoms with Gasteiger partial charge in [0.2, 0.25) is 0 Å². The third-order valence-electron chi connectivity index (χ3n) is 4.37. The number of benzene rings is 1. The molecule has 1 atom stereocenters. The van der Waals surface area contributed by atoms with Gasteiger partial charge in [0, 0.05) is 25.0 Å². The molecule has 8 nitrogen and oxygen atoms in total. The SMILES string of the molecule is Cc1ccc(OC(C)C(=O)NCCn2nc(-n3cccn3)ccc2=O)cc1C. The molecule has 0 aliphatic heterocycles. The van der Waals surface area contributed by atoms with E-state index in [1.165, 1.54) is 16.3 Å². The fraction of sp³-hybridized carbons (Fsp3) is 0.300. The highest BCUT2D eigenvalue weighted by Gasteiger charge is 2.14. The molecule has 28 heavy (non-hydrogen) atoms. The number of aromatic nitrogens is 4. The zero-order valence-electron chi connectivity index (χ0n) is 16.1. The molecule has 3 rings (SSSR count). The first-order valence-corrected chi connectivity index (χ1v) is 9.04. The van der Waals surface area contributed by atoms with E-state index in [0.717, 1.165) is 5.56 Å². The van der Waals surface area contributed by atoms with Crippen LogP contribution >= 0.6 is 0 Å². The molecule has 1 amide bonds. The summed E-state index contributed by atoms with van der Waals surface area (Å²) in [5.41, 5.74) is 2.02. The number of hydrogen-bond acceptors (Lipinski definition) is 5. The first-order chi connectivity index (χ1) is 13.4. The minimum absolute atomic E-state index is 0.246. The van der Waals surface area contributed by atoms with E-state index in [-0.39, 0.29) is 24.6 Å². The number of nitrogens with zero attached hydrogens (tertiary/aromatic N) is 4. The molecule has 1 aromatic carbocycles. The molecule has 8 heteroatoms. The molecule has 3 aromatic rings. The lowest BCUT2D eigenvalue weighted by atomic mass is 10.1. The minimum atomic E-state index is -0.651. The van der Waals surface area contributed by atoms with Crippen LogP contribution in [0.25, 0.3) is 5.82 Å². The van der Waals surface area contributed by atoms with Gasteiger partial charge in [-0.1, -0.05) is 6.07 Å². The van der Waals surface area contributed by atoms with Crippen molar-refractivity contribution in [1.82, 2.24) is 24.9 Å². The normalized spacial score (nSPS) is 11.8. The third-order valence-corrected chi connectivity index (χ3v) is 4.37. The monoisotopic (exact) mass is 381 g/mol. The summed E-state index contributed by atoms with van der Waals surface area (Å²) in [6, 6.07) is 10.5. The highest BCUT2D eigenvalue weighted by molar-refractivity contribution is 5.80. The summed E-state index contributed by atoms with van der Waals surface area (Å²) in [4.78, 5) is 24.3. The zero-order valence-corrected chi connectivity index (χ0v) is 16.1. The second kappa shape index (κ2) is 8.51. The maximum atomic E-state index is 12.3. The second-order valence-electron chi connectivity index (χ2n) is 6.50. The van der Waals surface area contributed by atoms with Gasteiger partial charge in [0.25, 0.3) is 11.5 Å². The van der Waals surface area contributed by atoms with Gasteiger partial charge in [-0.25, -0.2) is 9.36 Å². The van der Waals surface area contributed by atoms with E-state index in [2.05, 4.69) is 15.5 Å². The molecular formula is C20H23N5O3. The molecule has 0 bridgehead atoms. The largest absolute Gasteiger partial charge is 0.481 e. The number of aryl methyl sites for hydroxylation is 2. The molecule has 0 spiro atoms. The van der Waals surface area contributed by atoms with Gasteiger partial charge in [0.05, 0.1) is 6.54 Å². The van der Waals surface area contributed by atoms with Gasteiger partial charge in [0.1, 0.15) is 5.75 Å². The van der Waals surface area contributed by atoms with Crippen molar-refractivity contribution in [3.05, 3.63) is 70.3 Å². The molecule has 2 heterocycles. The molecule has 1 unspecified atom stereocenters. The highest BCUT2D eigenvalue weighted by Crippen LogP contribution is 2.17. The van der Waals surface area contributed by atoms with Crippen molar-refractivity contribution in [2.75, 3.05) is 6.54 Å². The molecule has 0 aliphatic rings. The summed E-state index contributed by atoms with van der Waals surface area (Å²) in [6.45, 7) is 6.21. The van der Waals surface area contributed by atoms with Crippen molar-refractivity contribution >= 4 is 5.91 Å². The van der Waals surface area contributed by atoms with Crippen molar-refractivity contribution in [1.29, 1.82) is 0 Å². The van der Waals surface area contributed by atoms with Crippen LogP contribution in [0.2, 0.25) is 0 Å². The lowest BCUT2D eigenvalue weighted by Crippen LogP contribution is -2.39. The lowest BCUT2D eigenvalue weighted by molar-refractivity contribution is -0.127. The van der Waals surface area contributed by atoms with Gasteiger partial charge in [-0.05, 0) is 56.2 Å². The number of carbonyl (C=O) groups is 1. The maximum Gasteiger partial charge on any atom is 0.266 e. The van der Waals surface area contributed by atoms with Crippen LogP contribution in [0.3, 0.4) is 0 Å². The van der Waals surface area contributed by atoms with Crippen molar-refractivity contribution in [3.63, 3.8) is 0 Å². The zero-order chi connectivity index (χ0) is 20.1. The summed E-state index contributed by atoms with van der Waals surface area (Å²) >= 11 is 0. The number of carbonyl (C=O) groups excluding carboxylic acids is 1. The van der Waals surface area contributed by atoms with Crippen LogP contribution in [0.5, 0.6) is 5.75 Å². The van der Waals surface area contributed by atoms with Gasteiger partial charge in [-0.3, -0.25) is 9.59 Å². The Labute approximate surface area is 162 Å². The fourth-order valence-corrected chi connectivity index (χ4v) is 2.60. The average Bonchev–Trinajstić information content (AvgIpc) is 3.21. The fourth-order valence-electron chi connectivity index (χ4n) is 2.60. The quantitative estimate of drug-likeness (QED) is 0.672. The summed E-state index contributed by atoms with van der Waals surface area (Å²) in [7, 11) is 0. The predicted molar refractivity (Wildman–Crippen MR) is 105 cm³/mol. The Hall–Kier alpha value is -3.42. The second-order valence-corrected chi connectivity index (χ2v) is 6.50. The summed E-state index contributed by atoms with van der Waals surface area (Å²) in [6.07, 6.45) is 2.72. The van der Waals surface area contributed by atoms with E-state index < -0.39 is 6.10 Å². The Balaban J connectivity index is 1.55. The summed E-state index contributed by atoms with van der Waals surface area (Å²) in [5, 5.41) is 11.1. The van der Waals surface area contributed by atoms with Crippen molar-refractivity contribution in [2.24, 2.45) is 0 Å². The van der Waals surface area contributed by atoms with Crippen molar-refractivity contribution in [2.45, 2.75) is 33.4 Å². The Bertz CT molecular complexity index is 1010. The molecular weight excluding hydrogens is 358 g/mol. The Morgan fingerprint density at radius 1 is 1.21 bits per heavy atom. The number of hydrogen-bond donors (Lipinski definition) is 1. The highest BCUT2D eigenvalue weighted by atomic mass is 16.5. The van der Waals surface area contributed by atoms with Gasteiger partial charge >= 0.3 is 0 Å². The van der Waals surface area contributed by atoms with Gasteiger partial charge in [-0.15, -0.1) is 5.10 Å². The third kappa shape index (κ3) is 4.64. The van der Waals surface area contributed by atoms with Crippen LogP contribution in [0.1, 0.15) is 18.1 Å². The van der Waals surface area contributed by atoms with Crippen LogP contribution in [0.4, 0.5) is 0 Å². The average molecular weight is 381 g/mol. The number of ether oxygens (including phenoxy) is 1. The van der Waals surface area contributed by atoms with E-state index in [9.17, 15) is 9.59 Å². The van der Waals surface area contributed by atoms with Crippen LogP contribution in [0.15, 0.2) is 53.6 Å². The molecule has 0 aliphatic carbocycles. The Morgan fingerprint density at radius 3 is 2.75 bits per heavy atom. The van der Waals surface area contributed by atoms with E-state index >= 15 is 0 Å². The molecule has 0 fully saturated rings.